The van der Waals surface area contributed by atoms with Crippen LogP contribution >= 0.6 is 0 Å². The first-order valence-corrected chi connectivity index (χ1v) is 11.8. The number of hydrogen-bond acceptors (Lipinski definition) is 6. The Bertz CT molecular complexity index is 1290. The summed E-state index contributed by atoms with van der Waals surface area (Å²) in [7, 11) is 3.23. The van der Waals surface area contributed by atoms with Gasteiger partial charge in [-0.1, -0.05) is 44.0 Å². The minimum Gasteiger partial charge on any atom is -0.492 e. The lowest BCUT2D eigenvalue weighted by Gasteiger charge is -2.18. The third-order valence-electron chi connectivity index (χ3n) is 5.93. The minimum atomic E-state index is -4.49. The number of nitrogens with one attached hydrogen (secondary N) is 1. The van der Waals surface area contributed by atoms with Gasteiger partial charge in [-0.2, -0.15) is 18.3 Å². The molecule has 0 bridgehead atoms. The molecule has 0 radical (unpaired) electrons. The van der Waals surface area contributed by atoms with Crippen LogP contribution in [0.3, 0.4) is 0 Å². The number of methoxy groups -OCH3 is 1. The normalized spacial score (nSPS) is 14.9. The molecule has 1 aromatic heterocycles. The highest BCUT2D eigenvalue weighted by Crippen LogP contribution is 2.26. The Morgan fingerprint density at radius 2 is 2.05 bits per heavy atom. The molecule has 202 valence electrons. The van der Waals surface area contributed by atoms with Crippen molar-refractivity contribution in [2.24, 2.45) is 12.0 Å². The van der Waals surface area contributed by atoms with Crippen molar-refractivity contribution in [1.29, 1.82) is 0 Å². The standard InChI is InChI=1S/C28H32F3N5O2/c1-7-24(28(29,30)31)12-11-19(2)38-18-26-25(16-33-35(26)5)27(37-6)34-20(3)23-10-8-9-22(15-23)17-36-14-13-32-21(36)4/h7-12,15-16,32H,1,3-4,13-14,17-18H2,2,5-6H3/b19-11+,24-12+,34-27?. The number of ether oxygens (including phenoxy) is 2. The van der Waals surface area contributed by atoms with Crippen molar-refractivity contribution < 1.29 is 22.6 Å². The van der Waals surface area contributed by atoms with Crippen molar-refractivity contribution in [3.8, 4) is 0 Å². The number of halogens is 3. The quantitative estimate of drug-likeness (QED) is 0.193. The lowest BCUT2D eigenvalue weighted by Crippen LogP contribution is -2.18. The first-order valence-electron chi connectivity index (χ1n) is 11.8. The Kier molecular flexibility index (Phi) is 9.22. The zero-order valence-electron chi connectivity index (χ0n) is 21.8. The summed E-state index contributed by atoms with van der Waals surface area (Å²) in [5.74, 6) is 1.48. The van der Waals surface area contributed by atoms with Gasteiger partial charge in [0.15, 0.2) is 0 Å². The minimum absolute atomic E-state index is 0.0372. The van der Waals surface area contributed by atoms with Crippen molar-refractivity contribution in [3.05, 3.63) is 108 Å². The summed E-state index contributed by atoms with van der Waals surface area (Å²) in [4.78, 5) is 6.78. The molecule has 1 fully saturated rings. The van der Waals surface area contributed by atoms with Crippen LogP contribution in [0.1, 0.15) is 29.3 Å². The molecule has 7 nitrogen and oxygen atoms in total. The maximum absolute atomic E-state index is 12.9. The van der Waals surface area contributed by atoms with Crippen molar-refractivity contribution in [2.45, 2.75) is 26.3 Å². The molecule has 0 amide bonds. The zero-order chi connectivity index (χ0) is 27.9. The Labute approximate surface area is 221 Å². The van der Waals surface area contributed by atoms with Crippen LogP contribution < -0.4 is 5.32 Å². The van der Waals surface area contributed by atoms with Crippen LogP contribution in [-0.2, 0) is 29.7 Å². The summed E-state index contributed by atoms with van der Waals surface area (Å²) in [6.07, 6.45) is 0.0265. The molecule has 38 heavy (non-hydrogen) atoms. The van der Waals surface area contributed by atoms with Crippen molar-refractivity contribution in [3.63, 3.8) is 0 Å². The number of aryl methyl sites for hydroxylation is 1. The molecule has 1 N–H and O–H groups in total. The van der Waals surface area contributed by atoms with Gasteiger partial charge in [0.2, 0.25) is 5.90 Å². The van der Waals surface area contributed by atoms with Crippen molar-refractivity contribution >= 4 is 11.6 Å². The third kappa shape index (κ3) is 7.18. The predicted octanol–water partition coefficient (Wildman–Crippen LogP) is 5.46. The van der Waals surface area contributed by atoms with Crippen LogP contribution in [0, 0.1) is 0 Å². The van der Waals surface area contributed by atoms with Gasteiger partial charge in [-0.3, -0.25) is 4.68 Å². The molecule has 2 aromatic rings. The fourth-order valence-corrected chi connectivity index (χ4v) is 3.76. The maximum atomic E-state index is 12.9. The summed E-state index contributed by atoms with van der Waals surface area (Å²) in [5.41, 5.74) is 2.79. The van der Waals surface area contributed by atoms with Crippen LogP contribution in [0.25, 0.3) is 5.70 Å². The number of alkyl halides is 3. The summed E-state index contributed by atoms with van der Waals surface area (Å²) in [5, 5.41) is 7.50. The Morgan fingerprint density at radius 1 is 1.29 bits per heavy atom. The van der Waals surface area contributed by atoms with Gasteiger partial charge >= 0.3 is 6.18 Å². The second kappa shape index (κ2) is 12.4. The van der Waals surface area contributed by atoms with Crippen LogP contribution in [0.2, 0.25) is 0 Å². The first kappa shape index (κ1) is 28.4. The second-order valence-electron chi connectivity index (χ2n) is 8.58. The monoisotopic (exact) mass is 527 g/mol. The van der Waals surface area contributed by atoms with Gasteiger partial charge in [0.25, 0.3) is 0 Å². The lowest BCUT2D eigenvalue weighted by atomic mass is 10.1. The smallest absolute Gasteiger partial charge is 0.416 e. The maximum Gasteiger partial charge on any atom is 0.416 e. The largest absolute Gasteiger partial charge is 0.492 e. The van der Waals surface area contributed by atoms with E-state index in [0.29, 0.717) is 17.0 Å². The average Bonchev–Trinajstić information content (AvgIpc) is 3.45. The fraction of sp³-hybridized carbons (Fsp3) is 0.286. The first-order chi connectivity index (χ1) is 18.0. The van der Waals surface area contributed by atoms with Crippen molar-refractivity contribution in [1.82, 2.24) is 20.0 Å². The predicted molar refractivity (Wildman–Crippen MR) is 143 cm³/mol. The number of nitrogens with zero attached hydrogens (tertiary/aromatic N) is 4. The van der Waals surface area contributed by atoms with E-state index in [1.165, 1.54) is 13.2 Å². The molecule has 1 aromatic carbocycles. The molecule has 1 saturated heterocycles. The molecular formula is C28H32F3N5O2. The second-order valence-corrected chi connectivity index (χ2v) is 8.58. The molecule has 1 aliphatic heterocycles. The number of hydrogen-bond donors (Lipinski definition) is 1. The van der Waals surface area contributed by atoms with E-state index in [1.54, 1.807) is 24.9 Å². The highest BCUT2D eigenvalue weighted by molar-refractivity contribution is 5.98. The lowest BCUT2D eigenvalue weighted by molar-refractivity contribution is -0.0881. The van der Waals surface area contributed by atoms with Gasteiger partial charge in [0.1, 0.15) is 6.61 Å². The van der Waals surface area contributed by atoms with E-state index in [2.05, 4.69) is 40.0 Å². The number of rotatable bonds is 10. The molecule has 10 heteroatoms. The van der Waals surface area contributed by atoms with Gasteiger partial charge < -0.3 is 19.7 Å². The summed E-state index contributed by atoms with van der Waals surface area (Å²) in [6, 6.07) is 7.94. The number of aliphatic imine (C=N–C) groups is 1. The summed E-state index contributed by atoms with van der Waals surface area (Å²) < 4.78 is 51.6. The number of benzene rings is 1. The van der Waals surface area contributed by atoms with E-state index in [9.17, 15) is 13.2 Å². The molecule has 0 unspecified atom stereocenters. The van der Waals surface area contributed by atoms with E-state index in [1.807, 2.05) is 24.3 Å². The Balaban J connectivity index is 1.77. The zero-order valence-corrected chi connectivity index (χ0v) is 21.8. The van der Waals surface area contributed by atoms with Gasteiger partial charge in [-0.05, 0) is 36.3 Å². The average molecular weight is 528 g/mol. The third-order valence-corrected chi connectivity index (χ3v) is 5.93. The van der Waals surface area contributed by atoms with Crippen LogP contribution in [0.15, 0.2) is 90.6 Å². The van der Waals surface area contributed by atoms with Gasteiger partial charge in [0, 0.05) is 26.7 Å². The molecular weight excluding hydrogens is 495 g/mol. The van der Waals surface area contributed by atoms with Gasteiger partial charge in [-0.15, -0.1) is 0 Å². The molecule has 0 saturated carbocycles. The molecule has 1 aliphatic rings. The molecule has 0 atom stereocenters. The van der Waals surface area contributed by atoms with Crippen LogP contribution in [-0.4, -0.2) is 47.0 Å². The molecule has 0 spiro atoms. The van der Waals surface area contributed by atoms with E-state index in [-0.39, 0.29) is 18.3 Å². The topological polar surface area (TPSA) is 63.9 Å². The summed E-state index contributed by atoms with van der Waals surface area (Å²) in [6.45, 7) is 15.4. The summed E-state index contributed by atoms with van der Waals surface area (Å²) >= 11 is 0. The van der Waals surface area contributed by atoms with Crippen LogP contribution in [0.4, 0.5) is 13.2 Å². The van der Waals surface area contributed by atoms with Gasteiger partial charge in [0.05, 0.1) is 47.4 Å². The Morgan fingerprint density at radius 3 is 2.68 bits per heavy atom. The van der Waals surface area contributed by atoms with Gasteiger partial charge in [-0.25, -0.2) is 4.99 Å². The highest BCUT2D eigenvalue weighted by atomic mass is 19.4. The SMILES string of the molecule is C=C/C(=C\C=C(/C)OCc1c(C(=NC(=C)c2cccc(CN3CCNC3=C)c2)OC)cnn1C)C(F)(F)F. The molecule has 3 rings (SSSR count). The van der Waals surface area contributed by atoms with Crippen molar-refractivity contribution in [2.75, 3.05) is 20.2 Å². The Hall–Kier alpha value is -4.21. The molecule has 2 heterocycles. The van der Waals surface area contributed by atoms with Crippen LogP contribution in [0.5, 0.6) is 0 Å². The molecule has 0 aliphatic carbocycles. The van der Waals surface area contributed by atoms with E-state index in [0.717, 1.165) is 48.7 Å². The van der Waals surface area contributed by atoms with E-state index < -0.39 is 11.7 Å². The van der Waals surface area contributed by atoms with E-state index in [4.69, 9.17) is 9.47 Å². The van der Waals surface area contributed by atoms with E-state index >= 15 is 0 Å². The highest BCUT2D eigenvalue weighted by Gasteiger charge is 2.30. The number of allylic oxidation sites excluding steroid dienone is 5. The fourth-order valence-electron chi connectivity index (χ4n) is 3.76. The number of aromatic nitrogens is 2.